The lowest BCUT2D eigenvalue weighted by Gasteiger charge is -2.22. The van der Waals surface area contributed by atoms with E-state index in [-0.39, 0.29) is 5.41 Å². The van der Waals surface area contributed by atoms with Gasteiger partial charge >= 0.3 is 0 Å². The van der Waals surface area contributed by atoms with Gasteiger partial charge in [-0.05, 0) is 109 Å². The first-order valence-corrected chi connectivity index (χ1v) is 21.2. The van der Waals surface area contributed by atoms with Gasteiger partial charge in [-0.1, -0.05) is 172 Å². The molecule has 1 aliphatic rings. The molecule has 0 unspecified atom stereocenters. The Labute approximate surface area is 359 Å². The van der Waals surface area contributed by atoms with Gasteiger partial charge in [-0.25, -0.2) is 15.0 Å². The average molecular weight is 794 g/mol. The van der Waals surface area contributed by atoms with Gasteiger partial charge < -0.3 is 4.42 Å². The Kier molecular flexibility index (Phi) is 8.16. The van der Waals surface area contributed by atoms with Gasteiger partial charge in [0.25, 0.3) is 0 Å². The molecule has 0 N–H and O–H groups in total. The van der Waals surface area contributed by atoms with Gasteiger partial charge in [0.1, 0.15) is 11.2 Å². The van der Waals surface area contributed by atoms with Crippen LogP contribution in [0.15, 0.2) is 205 Å². The molecule has 4 heteroatoms. The highest BCUT2D eigenvalue weighted by Gasteiger charge is 2.35. The van der Waals surface area contributed by atoms with Gasteiger partial charge in [-0.15, -0.1) is 0 Å². The molecular weight excluding hydrogens is 755 g/mol. The van der Waals surface area contributed by atoms with E-state index in [4.69, 9.17) is 19.4 Å². The van der Waals surface area contributed by atoms with E-state index in [2.05, 4.69) is 208 Å². The minimum absolute atomic E-state index is 0.0899. The summed E-state index contributed by atoms with van der Waals surface area (Å²) in [7, 11) is 0. The fourth-order valence-corrected chi connectivity index (χ4v) is 9.52. The van der Waals surface area contributed by atoms with Crippen LogP contribution in [-0.4, -0.2) is 15.0 Å². The molecule has 0 aliphatic heterocycles. The van der Waals surface area contributed by atoms with Crippen molar-refractivity contribution in [1.29, 1.82) is 0 Å². The van der Waals surface area contributed by atoms with E-state index < -0.39 is 0 Å². The molecule has 0 spiro atoms. The quantitative estimate of drug-likeness (QED) is 0.168. The second kappa shape index (κ2) is 14.1. The van der Waals surface area contributed by atoms with Crippen LogP contribution in [0.4, 0.5) is 0 Å². The monoisotopic (exact) mass is 793 g/mol. The van der Waals surface area contributed by atoms with Crippen LogP contribution in [-0.2, 0) is 5.41 Å². The first kappa shape index (κ1) is 35.9. The van der Waals surface area contributed by atoms with Gasteiger partial charge in [0.05, 0.1) is 0 Å². The minimum atomic E-state index is -0.0899. The molecule has 0 saturated heterocycles. The third kappa shape index (κ3) is 5.95. The first-order valence-electron chi connectivity index (χ1n) is 21.2. The van der Waals surface area contributed by atoms with Crippen LogP contribution in [0.5, 0.6) is 0 Å². The number of nitrogens with zero attached hydrogens (tertiary/aromatic N) is 3. The minimum Gasteiger partial charge on any atom is -0.456 e. The van der Waals surface area contributed by atoms with Crippen molar-refractivity contribution in [2.45, 2.75) is 19.3 Å². The number of fused-ring (bicyclic) bond motifs is 7. The van der Waals surface area contributed by atoms with E-state index in [0.717, 1.165) is 66.3 Å². The number of furan rings is 1. The highest BCUT2D eigenvalue weighted by Crippen LogP contribution is 2.49. The van der Waals surface area contributed by atoms with Gasteiger partial charge in [0.15, 0.2) is 17.5 Å². The molecule has 0 radical (unpaired) electrons. The largest absolute Gasteiger partial charge is 0.456 e. The molecule has 9 aromatic carbocycles. The van der Waals surface area contributed by atoms with Crippen molar-refractivity contribution in [3.63, 3.8) is 0 Å². The lowest BCUT2D eigenvalue weighted by Crippen LogP contribution is -2.14. The molecule has 62 heavy (non-hydrogen) atoms. The Morgan fingerprint density at radius 2 is 0.887 bits per heavy atom. The molecule has 2 aromatic heterocycles. The summed E-state index contributed by atoms with van der Waals surface area (Å²) < 4.78 is 6.63. The summed E-state index contributed by atoms with van der Waals surface area (Å²) in [6, 6.07) is 70.9. The zero-order chi connectivity index (χ0) is 41.4. The molecule has 12 rings (SSSR count). The van der Waals surface area contributed by atoms with E-state index in [1.807, 2.05) is 6.07 Å². The summed E-state index contributed by atoms with van der Waals surface area (Å²) in [5.74, 6) is 1.81. The smallest absolute Gasteiger partial charge is 0.164 e. The molecule has 0 fully saturated rings. The van der Waals surface area contributed by atoms with Gasteiger partial charge in [0.2, 0.25) is 0 Å². The third-order valence-electron chi connectivity index (χ3n) is 12.7. The lowest BCUT2D eigenvalue weighted by molar-refractivity contribution is 0.660. The Balaban J connectivity index is 0.976. The standard InChI is InChI=1S/C58H39N3O/c1-58(2)50-23-9-8-21-47(50)48-29-27-41(34-51(48)58)40-18-11-20-43(33-40)55-59-56(44-26-25-37-15-6-7-16-38(37)32-44)61-57(60-55)45-28-30-49-53(35-45)62-52-24-12-22-46(54(49)52)42-19-10-17-39(31-42)36-13-4-3-5-14-36/h3-35H,1-2H3. The van der Waals surface area contributed by atoms with E-state index in [9.17, 15) is 0 Å². The number of hydrogen-bond donors (Lipinski definition) is 0. The lowest BCUT2D eigenvalue weighted by atomic mass is 9.81. The Hall–Kier alpha value is -7.95. The highest BCUT2D eigenvalue weighted by molar-refractivity contribution is 6.13. The summed E-state index contributed by atoms with van der Waals surface area (Å²) in [5.41, 5.74) is 16.5. The van der Waals surface area contributed by atoms with E-state index in [1.165, 1.54) is 38.8 Å². The fraction of sp³-hybridized carbons (Fsp3) is 0.0517. The molecule has 11 aromatic rings. The predicted molar refractivity (Wildman–Crippen MR) is 255 cm³/mol. The summed E-state index contributed by atoms with van der Waals surface area (Å²) in [6.45, 7) is 4.65. The molecule has 292 valence electrons. The summed E-state index contributed by atoms with van der Waals surface area (Å²) in [4.78, 5) is 15.5. The number of hydrogen-bond acceptors (Lipinski definition) is 4. The first-order chi connectivity index (χ1) is 30.4. The fourth-order valence-electron chi connectivity index (χ4n) is 9.52. The van der Waals surface area contributed by atoms with Crippen LogP contribution >= 0.6 is 0 Å². The summed E-state index contributed by atoms with van der Waals surface area (Å²) in [5, 5.41) is 4.43. The maximum Gasteiger partial charge on any atom is 0.164 e. The van der Waals surface area contributed by atoms with Crippen LogP contribution < -0.4 is 0 Å². The van der Waals surface area contributed by atoms with Crippen LogP contribution in [0.2, 0.25) is 0 Å². The van der Waals surface area contributed by atoms with Crippen molar-refractivity contribution in [3.05, 3.63) is 211 Å². The van der Waals surface area contributed by atoms with Crippen molar-refractivity contribution >= 4 is 32.7 Å². The second-order valence-corrected chi connectivity index (χ2v) is 16.8. The van der Waals surface area contributed by atoms with E-state index in [1.54, 1.807) is 0 Å². The molecule has 0 atom stereocenters. The van der Waals surface area contributed by atoms with Crippen molar-refractivity contribution in [3.8, 4) is 78.7 Å². The molecule has 0 saturated carbocycles. The molecule has 1 aliphatic carbocycles. The van der Waals surface area contributed by atoms with Crippen LogP contribution in [0.3, 0.4) is 0 Å². The Morgan fingerprint density at radius 3 is 1.71 bits per heavy atom. The van der Waals surface area contributed by atoms with Gasteiger partial charge in [-0.3, -0.25) is 0 Å². The topological polar surface area (TPSA) is 51.8 Å². The SMILES string of the molecule is CC1(C)c2ccccc2-c2ccc(-c3cccc(-c4nc(-c5ccc6ccccc6c5)nc(-c5ccc6c(c5)oc5cccc(-c7cccc(-c8ccccc8)c7)c56)n4)c3)cc21. The zero-order valence-electron chi connectivity index (χ0n) is 34.3. The molecule has 2 heterocycles. The number of benzene rings is 9. The van der Waals surface area contributed by atoms with Crippen molar-refractivity contribution < 1.29 is 4.42 Å². The second-order valence-electron chi connectivity index (χ2n) is 16.8. The Morgan fingerprint density at radius 1 is 0.339 bits per heavy atom. The molecular formula is C58H39N3O. The molecule has 4 nitrogen and oxygen atoms in total. The molecule has 0 amide bonds. The van der Waals surface area contributed by atoms with Gasteiger partial charge in [-0.2, -0.15) is 0 Å². The van der Waals surface area contributed by atoms with Crippen LogP contribution in [0.25, 0.3) is 111 Å². The van der Waals surface area contributed by atoms with Crippen molar-refractivity contribution in [2.24, 2.45) is 0 Å². The van der Waals surface area contributed by atoms with Crippen molar-refractivity contribution in [2.75, 3.05) is 0 Å². The maximum absolute atomic E-state index is 6.63. The van der Waals surface area contributed by atoms with Gasteiger partial charge in [0, 0.05) is 32.9 Å². The number of aromatic nitrogens is 3. The van der Waals surface area contributed by atoms with Crippen molar-refractivity contribution in [1.82, 2.24) is 15.0 Å². The summed E-state index contributed by atoms with van der Waals surface area (Å²) >= 11 is 0. The maximum atomic E-state index is 6.63. The highest BCUT2D eigenvalue weighted by atomic mass is 16.3. The third-order valence-corrected chi connectivity index (χ3v) is 12.7. The van der Waals surface area contributed by atoms with Crippen LogP contribution in [0.1, 0.15) is 25.0 Å². The van der Waals surface area contributed by atoms with E-state index >= 15 is 0 Å². The van der Waals surface area contributed by atoms with Crippen LogP contribution in [0, 0.1) is 0 Å². The zero-order valence-corrected chi connectivity index (χ0v) is 34.3. The number of rotatable bonds is 6. The predicted octanol–water partition coefficient (Wildman–Crippen LogP) is 15.2. The molecule has 0 bridgehead atoms. The average Bonchev–Trinajstić information content (AvgIpc) is 3.82. The normalized spacial score (nSPS) is 12.8. The Bertz CT molecular complexity index is 3560. The summed E-state index contributed by atoms with van der Waals surface area (Å²) in [6.07, 6.45) is 0. The van der Waals surface area contributed by atoms with E-state index in [0.29, 0.717) is 17.5 Å².